The first-order valence-electron chi connectivity index (χ1n) is 10.4. The molecule has 4 rings (SSSR count). The van der Waals surface area contributed by atoms with E-state index in [9.17, 15) is 9.59 Å². The highest BCUT2D eigenvalue weighted by molar-refractivity contribution is 5.83. The van der Waals surface area contributed by atoms with Crippen molar-refractivity contribution < 1.29 is 9.59 Å². The van der Waals surface area contributed by atoms with Crippen LogP contribution < -0.4 is 0 Å². The van der Waals surface area contributed by atoms with Gasteiger partial charge >= 0.3 is 0 Å². The molecule has 1 aromatic carbocycles. The molecule has 0 saturated carbocycles. The molecule has 1 atom stereocenters. The van der Waals surface area contributed by atoms with Crippen LogP contribution in [0.15, 0.2) is 24.3 Å². The van der Waals surface area contributed by atoms with Gasteiger partial charge in [-0.2, -0.15) is 0 Å². The lowest BCUT2D eigenvalue weighted by atomic mass is 10.1. The van der Waals surface area contributed by atoms with Gasteiger partial charge in [-0.1, -0.05) is 12.1 Å². The van der Waals surface area contributed by atoms with E-state index in [0.717, 1.165) is 42.8 Å². The molecule has 0 bridgehead atoms. The van der Waals surface area contributed by atoms with Gasteiger partial charge < -0.3 is 14.4 Å². The van der Waals surface area contributed by atoms with Crippen LogP contribution in [0.2, 0.25) is 0 Å². The van der Waals surface area contributed by atoms with Gasteiger partial charge in [0.1, 0.15) is 12.4 Å². The molecule has 2 aromatic rings. The molecule has 2 amide bonds. The van der Waals surface area contributed by atoms with Gasteiger partial charge in [0, 0.05) is 37.5 Å². The van der Waals surface area contributed by atoms with E-state index in [-0.39, 0.29) is 23.3 Å². The molecule has 6 nitrogen and oxygen atoms in total. The third kappa shape index (κ3) is 3.52. The Labute approximate surface area is 166 Å². The molecule has 2 aliphatic rings. The minimum Gasteiger partial charge on any atom is -0.341 e. The number of rotatable bonds is 3. The summed E-state index contributed by atoms with van der Waals surface area (Å²) < 4.78 is 2.05. The number of likely N-dealkylation sites (tertiary alicyclic amines) is 2. The molecule has 3 heterocycles. The molecule has 150 valence electrons. The van der Waals surface area contributed by atoms with E-state index in [2.05, 4.69) is 25.3 Å². The molecule has 0 aliphatic carbocycles. The highest BCUT2D eigenvalue weighted by Gasteiger charge is 2.39. The average Bonchev–Trinajstić information content (AvgIpc) is 3.23. The van der Waals surface area contributed by atoms with E-state index < -0.39 is 0 Å². The third-order valence-electron chi connectivity index (χ3n) is 5.99. The molecule has 6 heteroatoms. The molecule has 2 fully saturated rings. The number of carbonyl (C=O) groups is 2. The lowest BCUT2D eigenvalue weighted by Crippen LogP contribution is -2.42. The van der Waals surface area contributed by atoms with E-state index in [1.54, 1.807) is 0 Å². The second kappa shape index (κ2) is 7.22. The summed E-state index contributed by atoms with van der Waals surface area (Å²) in [5, 5.41) is 0. The summed E-state index contributed by atoms with van der Waals surface area (Å²) in [6.07, 6.45) is 3.83. The zero-order valence-electron chi connectivity index (χ0n) is 17.1. The average molecular weight is 383 g/mol. The van der Waals surface area contributed by atoms with Gasteiger partial charge in [0.05, 0.1) is 11.0 Å². The fourth-order valence-electron chi connectivity index (χ4n) is 4.48. The summed E-state index contributed by atoms with van der Waals surface area (Å²) in [7, 11) is 0. The Balaban J connectivity index is 1.66. The number of carbonyl (C=O) groups excluding carboxylic acids is 2. The van der Waals surface area contributed by atoms with E-state index in [1.165, 1.54) is 6.42 Å². The Hall–Kier alpha value is -2.37. The van der Waals surface area contributed by atoms with Gasteiger partial charge in [-0.3, -0.25) is 9.59 Å². The van der Waals surface area contributed by atoms with Crippen molar-refractivity contribution in [1.29, 1.82) is 0 Å². The molecule has 2 saturated heterocycles. The maximum Gasteiger partial charge on any atom is 0.242 e. The van der Waals surface area contributed by atoms with Crippen LogP contribution in [0.1, 0.15) is 58.2 Å². The summed E-state index contributed by atoms with van der Waals surface area (Å²) in [4.78, 5) is 34.3. The number of nitrogens with zero attached hydrogens (tertiary/aromatic N) is 4. The normalized spacial score (nSPS) is 21.0. The van der Waals surface area contributed by atoms with Crippen LogP contribution in [0.5, 0.6) is 0 Å². The van der Waals surface area contributed by atoms with Crippen LogP contribution in [0.4, 0.5) is 0 Å². The van der Waals surface area contributed by atoms with Crippen molar-refractivity contribution in [1.82, 2.24) is 19.4 Å². The van der Waals surface area contributed by atoms with E-state index in [1.807, 2.05) is 34.1 Å². The number of fused-ring (bicyclic) bond motifs is 1. The highest BCUT2D eigenvalue weighted by atomic mass is 16.2. The molecule has 0 radical (unpaired) electrons. The number of piperidine rings is 1. The molecular weight excluding hydrogens is 352 g/mol. The van der Waals surface area contributed by atoms with Crippen molar-refractivity contribution in [2.75, 3.05) is 19.6 Å². The van der Waals surface area contributed by atoms with E-state index >= 15 is 0 Å². The summed E-state index contributed by atoms with van der Waals surface area (Å²) in [6.45, 7) is 8.85. The number of imidazole rings is 1. The molecule has 1 aromatic heterocycles. The highest BCUT2D eigenvalue weighted by Crippen LogP contribution is 2.34. The van der Waals surface area contributed by atoms with Crippen molar-refractivity contribution >= 4 is 22.8 Å². The van der Waals surface area contributed by atoms with Crippen LogP contribution in [0, 0.1) is 0 Å². The van der Waals surface area contributed by atoms with Crippen molar-refractivity contribution in [3.63, 3.8) is 0 Å². The fraction of sp³-hybridized carbons (Fsp3) is 0.591. The lowest BCUT2D eigenvalue weighted by molar-refractivity contribution is -0.133. The lowest BCUT2D eigenvalue weighted by Gasteiger charge is -2.32. The molecule has 0 N–H and O–H groups in total. The first-order valence-corrected chi connectivity index (χ1v) is 10.4. The Bertz CT molecular complexity index is 890. The smallest absolute Gasteiger partial charge is 0.242 e. The van der Waals surface area contributed by atoms with Crippen LogP contribution in [0.25, 0.3) is 11.0 Å². The van der Waals surface area contributed by atoms with Gasteiger partial charge in [-0.25, -0.2) is 4.98 Å². The molecule has 0 unspecified atom stereocenters. The second-order valence-electron chi connectivity index (χ2n) is 9.06. The summed E-state index contributed by atoms with van der Waals surface area (Å²) in [6, 6.07) is 7.96. The number of hydrogen-bond donors (Lipinski definition) is 0. The maximum absolute atomic E-state index is 13.0. The Morgan fingerprint density at radius 2 is 1.86 bits per heavy atom. The van der Waals surface area contributed by atoms with Crippen LogP contribution >= 0.6 is 0 Å². The van der Waals surface area contributed by atoms with Crippen molar-refractivity contribution in [3.8, 4) is 0 Å². The Kier molecular flexibility index (Phi) is 4.89. The summed E-state index contributed by atoms with van der Waals surface area (Å²) >= 11 is 0. The molecule has 0 spiro atoms. The third-order valence-corrected chi connectivity index (χ3v) is 5.99. The standard InChI is InChI=1S/C22H30N4O2/c1-22(2,3)26-14-16(13-19(26)27)21-23-17-9-5-6-10-18(17)25(21)15-20(28)24-11-7-4-8-12-24/h5-6,9-10,16H,4,7-8,11-15H2,1-3H3/t16-/m1/s1. The summed E-state index contributed by atoms with van der Waals surface area (Å²) in [5.41, 5.74) is 1.67. The fourth-order valence-corrected chi connectivity index (χ4v) is 4.48. The molecule has 28 heavy (non-hydrogen) atoms. The van der Waals surface area contributed by atoms with Gasteiger partial charge in [0.2, 0.25) is 11.8 Å². The monoisotopic (exact) mass is 382 g/mol. The predicted octanol–water partition coefficient (Wildman–Crippen LogP) is 3.16. The SMILES string of the molecule is CC(C)(C)N1C[C@H](c2nc3ccccc3n2CC(=O)N2CCCCC2)CC1=O. The zero-order valence-corrected chi connectivity index (χ0v) is 17.1. The van der Waals surface area contributed by atoms with Gasteiger partial charge in [0.25, 0.3) is 0 Å². The second-order valence-corrected chi connectivity index (χ2v) is 9.06. The largest absolute Gasteiger partial charge is 0.341 e. The quantitative estimate of drug-likeness (QED) is 0.819. The topological polar surface area (TPSA) is 58.4 Å². The number of hydrogen-bond acceptors (Lipinski definition) is 3. The van der Waals surface area contributed by atoms with Crippen LogP contribution in [-0.2, 0) is 16.1 Å². The van der Waals surface area contributed by atoms with Crippen LogP contribution in [-0.4, -0.2) is 56.3 Å². The number of para-hydroxylation sites is 2. The number of amides is 2. The first kappa shape index (κ1) is 19.0. The van der Waals surface area contributed by atoms with Crippen molar-refractivity contribution in [3.05, 3.63) is 30.1 Å². The van der Waals surface area contributed by atoms with Gasteiger partial charge in [0.15, 0.2) is 0 Å². The predicted molar refractivity (Wildman–Crippen MR) is 109 cm³/mol. The van der Waals surface area contributed by atoms with E-state index in [4.69, 9.17) is 4.98 Å². The minimum absolute atomic E-state index is 0.0216. The first-order chi connectivity index (χ1) is 13.3. The van der Waals surface area contributed by atoms with Crippen molar-refractivity contribution in [2.45, 2.75) is 64.5 Å². The number of aromatic nitrogens is 2. The van der Waals surface area contributed by atoms with Crippen LogP contribution in [0.3, 0.4) is 0 Å². The number of benzene rings is 1. The summed E-state index contributed by atoms with van der Waals surface area (Å²) in [5.74, 6) is 1.21. The maximum atomic E-state index is 13.0. The molecular formula is C22H30N4O2. The van der Waals surface area contributed by atoms with Gasteiger partial charge in [-0.15, -0.1) is 0 Å². The van der Waals surface area contributed by atoms with Crippen molar-refractivity contribution in [2.24, 2.45) is 0 Å². The minimum atomic E-state index is -0.202. The van der Waals surface area contributed by atoms with E-state index in [0.29, 0.717) is 19.5 Å². The Morgan fingerprint density at radius 1 is 1.14 bits per heavy atom. The van der Waals surface area contributed by atoms with Gasteiger partial charge in [-0.05, 0) is 52.2 Å². The Morgan fingerprint density at radius 3 is 2.54 bits per heavy atom. The zero-order chi connectivity index (χ0) is 19.9. The molecule has 2 aliphatic heterocycles.